The van der Waals surface area contributed by atoms with Gasteiger partial charge in [0, 0.05) is 19.1 Å². The molecule has 2 amide bonds. The molecule has 0 bridgehead atoms. The molecular weight excluding hydrogens is 278 g/mol. The molecule has 0 aromatic heterocycles. The highest BCUT2D eigenvalue weighted by molar-refractivity contribution is 5.74. The zero-order valence-corrected chi connectivity index (χ0v) is 12.9. The first-order chi connectivity index (χ1) is 10.7. The van der Waals surface area contributed by atoms with Gasteiger partial charge >= 0.3 is 6.03 Å². The third kappa shape index (κ3) is 3.42. The average Bonchev–Trinajstić information content (AvgIpc) is 2.57. The van der Waals surface area contributed by atoms with Gasteiger partial charge in [0.2, 0.25) is 0 Å². The molecule has 1 aromatic rings. The fourth-order valence-electron chi connectivity index (χ4n) is 3.35. The number of nitrogens with one attached hydrogen (secondary N) is 2. The van der Waals surface area contributed by atoms with Gasteiger partial charge in [-0.25, -0.2) is 4.79 Å². The normalized spacial score (nSPS) is 22.3. The van der Waals surface area contributed by atoms with Crippen molar-refractivity contribution in [1.82, 2.24) is 15.5 Å². The number of aliphatic hydroxyl groups is 1. The Kier molecular flexibility index (Phi) is 4.64. The number of rotatable bonds is 2. The minimum Gasteiger partial charge on any atom is -0.385 e. The molecule has 5 nitrogen and oxygen atoms in total. The second kappa shape index (κ2) is 6.67. The lowest BCUT2D eigenvalue weighted by molar-refractivity contribution is -0.0170. The number of nitrogens with zero attached hydrogens (tertiary/aromatic N) is 1. The Labute approximate surface area is 131 Å². The quantitative estimate of drug-likeness (QED) is 0.774. The Hall–Kier alpha value is -1.59. The summed E-state index contributed by atoms with van der Waals surface area (Å²) in [4.78, 5) is 14.2. The first-order valence-corrected chi connectivity index (χ1v) is 8.21. The first-order valence-electron chi connectivity index (χ1n) is 8.21. The average molecular weight is 303 g/mol. The van der Waals surface area contributed by atoms with E-state index in [1.165, 1.54) is 0 Å². The van der Waals surface area contributed by atoms with Crippen LogP contribution < -0.4 is 10.6 Å². The van der Waals surface area contributed by atoms with E-state index in [0.29, 0.717) is 25.9 Å². The Bertz CT molecular complexity index is 492. The van der Waals surface area contributed by atoms with E-state index in [2.05, 4.69) is 10.6 Å². The highest BCUT2D eigenvalue weighted by atomic mass is 16.3. The van der Waals surface area contributed by atoms with Gasteiger partial charge in [0.1, 0.15) is 0 Å². The Morgan fingerprint density at radius 1 is 1.18 bits per heavy atom. The Morgan fingerprint density at radius 3 is 2.45 bits per heavy atom. The third-order valence-corrected chi connectivity index (χ3v) is 4.86. The maximum absolute atomic E-state index is 12.3. The van der Waals surface area contributed by atoms with E-state index in [4.69, 9.17) is 0 Å². The van der Waals surface area contributed by atoms with Crippen LogP contribution >= 0.6 is 0 Å². The molecule has 22 heavy (non-hydrogen) atoms. The zero-order chi connectivity index (χ0) is 15.4. The standard InChI is InChI=1S/C17H25N3O2/c21-16(19-15-6-10-18-11-7-15)20-12-8-17(22,9-13-20)14-4-2-1-3-5-14/h1-5,15,18,22H,6-13H2,(H,19,21). The van der Waals surface area contributed by atoms with Crippen LogP contribution in [0, 0.1) is 0 Å². The van der Waals surface area contributed by atoms with E-state index >= 15 is 0 Å². The summed E-state index contributed by atoms with van der Waals surface area (Å²) >= 11 is 0. The molecule has 2 heterocycles. The summed E-state index contributed by atoms with van der Waals surface area (Å²) in [6.07, 6.45) is 3.17. The van der Waals surface area contributed by atoms with Crippen molar-refractivity contribution in [1.29, 1.82) is 0 Å². The van der Waals surface area contributed by atoms with Gasteiger partial charge in [-0.1, -0.05) is 30.3 Å². The largest absolute Gasteiger partial charge is 0.385 e. The van der Waals surface area contributed by atoms with Gasteiger partial charge in [0.15, 0.2) is 0 Å². The minimum atomic E-state index is -0.799. The van der Waals surface area contributed by atoms with Crippen LogP contribution in [0.15, 0.2) is 30.3 Å². The van der Waals surface area contributed by atoms with Crippen LogP contribution in [0.4, 0.5) is 4.79 Å². The van der Waals surface area contributed by atoms with Crippen molar-refractivity contribution >= 4 is 6.03 Å². The summed E-state index contributed by atoms with van der Waals surface area (Å²) in [5.74, 6) is 0. The summed E-state index contributed by atoms with van der Waals surface area (Å²) < 4.78 is 0. The van der Waals surface area contributed by atoms with Crippen molar-refractivity contribution in [3.05, 3.63) is 35.9 Å². The summed E-state index contributed by atoms with van der Waals surface area (Å²) in [6.45, 7) is 3.14. The van der Waals surface area contributed by atoms with Crippen LogP contribution in [-0.2, 0) is 5.60 Å². The number of likely N-dealkylation sites (tertiary alicyclic amines) is 1. The Balaban J connectivity index is 1.53. The SMILES string of the molecule is O=C(NC1CCNCC1)N1CCC(O)(c2ccccc2)CC1. The summed E-state index contributed by atoms with van der Waals surface area (Å²) in [7, 11) is 0. The van der Waals surface area contributed by atoms with Gasteiger partial charge in [-0.05, 0) is 44.3 Å². The van der Waals surface area contributed by atoms with Crippen LogP contribution in [0.1, 0.15) is 31.2 Å². The maximum Gasteiger partial charge on any atom is 0.317 e. The monoisotopic (exact) mass is 303 g/mol. The van der Waals surface area contributed by atoms with Crippen molar-refractivity contribution in [2.24, 2.45) is 0 Å². The molecule has 2 aliphatic heterocycles. The predicted molar refractivity (Wildman–Crippen MR) is 85.6 cm³/mol. The van der Waals surface area contributed by atoms with Crippen molar-refractivity contribution < 1.29 is 9.90 Å². The van der Waals surface area contributed by atoms with Gasteiger partial charge in [0.05, 0.1) is 5.60 Å². The maximum atomic E-state index is 12.3. The fourth-order valence-corrected chi connectivity index (χ4v) is 3.35. The van der Waals surface area contributed by atoms with Gasteiger partial charge < -0.3 is 20.6 Å². The highest BCUT2D eigenvalue weighted by Gasteiger charge is 2.35. The molecule has 2 saturated heterocycles. The van der Waals surface area contributed by atoms with Crippen LogP contribution in [0.5, 0.6) is 0 Å². The predicted octanol–water partition coefficient (Wildman–Crippen LogP) is 1.43. The zero-order valence-electron chi connectivity index (χ0n) is 12.9. The van der Waals surface area contributed by atoms with E-state index in [1.807, 2.05) is 35.2 Å². The number of carbonyl (C=O) groups excluding carboxylic acids is 1. The second-order valence-electron chi connectivity index (χ2n) is 6.36. The van der Waals surface area contributed by atoms with E-state index in [-0.39, 0.29) is 12.1 Å². The molecule has 0 unspecified atom stereocenters. The molecule has 5 heteroatoms. The van der Waals surface area contributed by atoms with E-state index in [1.54, 1.807) is 0 Å². The molecular formula is C17H25N3O2. The first kappa shape index (κ1) is 15.3. The topological polar surface area (TPSA) is 64.6 Å². The molecule has 0 aliphatic carbocycles. The van der Waals surface area contributed by atoms with Crippen molar-refractivity contribution in [3.8, 4) is 0 Å². The lowest BCUT2D eigenvalue weighted by Gasteiger charge is -2.39. The molecule has 2 aliphatic rings. The fraction of sp³-hybridized carbons (Fsp3) is 0.588. The molecule has 1 aromatic carbocycles. The Morgan fingerprint density at radius 2 is 1.82 bits per heavy atom. The number of hydrogen-bond donors (Lipinski definition) is 3. The number of benzene rings is 1. The van der Waals surface area contributed by atoms with E-state index in [0.717, 1.165) is 31.5 Å². The lowest BCUT2D eigenvalue weighted by Crippen LogP contribution is -2.52. The van der Waals surface area contributed by atoms with Crippen molar-refractivity contribution in [3.63, 3.8) is 0 Å². The molecule has 0 radical (unpaired) electrons. The van der Waals surface area contributed by atoms with Crippen LogP contribution in [-0.4, -0.2) is 48.3 Å². The number of amides is 2. The second-order valence-corrected chi connectivity index (χ2v) is 6.36. The number of hydrogen-bond acceptors (Lipinski definition) is 3. The molecule has 3 rings (SSSR count). The summed E-state index contributed by atoms with van der Waals surface area (Å²) in [6, 6.07) is 10.1. The molecule has 3 N–H and O–H groups in total. The van der Waals surface area contributed by atoms with Gasteiger partial charge in [0.25, 0.3) is 0 Å². The van der Waals surface area contributed by atoms with E-state index < -0.39 is 5.60 Å². The molecule has 0 saturated carbocycles. The number of urea groups is 1. The molecule has 0 atom stereocenters. The van der Waals surface area contributed by atoms with Gasteiger partial charge in [-0.2, -0.15) is 0 Å². The lowest BCUT2D eigenvalue weighted by atomic mass is 9.84. The van der Waals surface area contributed by atoms with Crippen LogP contribution in [0.25, 0.3) is 0 Å². The molecule has 2 fully saturated rings. The van der Waals surface area contributed by atoms with Crippen molar-refractivity contribution in [2.75, 3.05) is 26.2 Å². The third-order valence-electron chi connectivity index (χ3n) is 4.86. The smallest absolute Gasteiger partial charge is 0.317 e. The highest BCUT2D eigenvalue weighted by Crippen LogP contribution is 2.32. The minimum absolute atomic E-state index is 0.0158. The van der Waals surface area contributed by atoms with Gasteiger partial charge in [-0.3, -0.25) is 0 Å². The summed E-state index contributed by atoms with van der Waals surface area (Å²) in [5, 5.41) is 17.2. The number of carbonyl (C=O) groups is 1. The van der Waals surface area contributed by atoms with Crippen LogP contribution in [0.3, 0.4) is 0 Å². The van der Waals surface area contributed by atoms with E-state index in [9.17, 15) is 9.90 Å². The molecule has 0 spiro atoms. The van der Waals surface area contributed by atoms with Crippen LogP contribution in [0.2, 0.25) is 0 Å². The van der Waals surface area contributed by atoms with Gasteiger partial charge in [-0.15, -0.1) is 0 Å². The summed E-state index contributed by atoms with van der Waals surface area (Å²) in [5.41, 5.74) is 0.153. The van der Waals surface area contributed by atoms with Crippen molar-refractivity contribution in [2.45, 2.75) is 37.3 Å². The number of piperidine rings is 2. The molecule has 120 valence electrons.